The molecule has 0 fully saturated rings. The van der Waals surface area contributed by atoms with Crippen molar-refractivity contribution in [1.82, 2.24) is 5.32 Å². The monoisotopic (exact) mass is 317 g/mol. The normalized spacial score (nSPS) is 11.2. The van der Waals surface area contributed by atoms with Crippen molar-refractivity contribution < 1.29 is 0 Å². The number of benzene rings is 1. The van der Waals surface area contributed by atoms with E-state index in [0.717, 1.165) is 16.8 Å². The van der Waals surface area contributed by atoms with Gasteiger partial charge in [0.25, 0.3) is 0 Å². The Labute approximate surface area is 136 Å². The summed E-state index contributed by atoms with van der Waals surface area (Å²) in [4.78, 5) is 0. The van der Waals surface area contributed by atoms with Crippen molar-refractivity contribution in [3.63, 3.8) is 0 Å². The third kappa shape index (κ3) is 5.95. The fourth-order valence-corrected chi connectivity index (χ4v) is 1.79. The predicted molar refractivity (Wildman–Crippen MR) is 94.1 cm³/mol. The van der Waals surface area contributed by atoms with Crippen molar-refractivity contribution in [3.05, 3.63) is 76.5 Å². The van der Waals surface area contributed by atoms with Gasteiger partial charge in [0.2, 0.25) is 0 Å². The molecule has 0 saturated carbocycles. The number of nitrogens with one attached hydrogen (secondary N) is 1. The minimum absolute atomic E-state index is 0.490. The zero-order valence-electron chi connectivity index (χ0n) is 11.9. The molecule has 0 unspecified atom stereocenters. The van der Waals surface area contributed by atoms with Crippen molar-refractivity contribution in [2.75, 3.05) is 0 Å². The van der Waals surface area contributed by atoms with E-state index in [9.17, 15) is 0 Å². The van der Waals surface area contributed by atoms with Crippen LogP contribution in [0.15, 0.2) is 60.9 Å². The highest BCUT2D eigenvalue weighted by molar-refractivity contribution is 6.42. The Morgan fingerprint density at radius 3 is 2.57 bits per heavy atom. The number of hydrogen-bond donors (Lipinski definition) is 1. The summed E-state index contributed by atoms with van der Waals surface area (Å²) in [5.74, 6) is 2.57. The van der Waals surface area contributed by atoms with Crippen LogP contribution in [0.5, 0.6) is 0 Å². The van der Waals surface area contributed by atoms with Gasteiger partial charge in [-0.15, -0.1) is 12.3 Å². The van der Waals surface area contributed by atoms with Gasteiger partial charge >= 0.3 is 0 Å². The Morgan fingerprint density at radius 1 is 1.29 bits per heavy atom. The molecule has 1 rings (SSSR count). The van der Waals surface area contributed by atoms with Crippen molar-refractivity contribution in [2.24, 2.45) is 0 Å². The number of rotatable bonds is 6. The zero-order valence-corrected chi connectivity index (χ0v) is 13.4. The third-order valence-corrected chi connectivity index (χ3v) is 3.29. The van der Waals surface area contributed by atoms with Crippen LogP contribution in [0.25, 0.3) is 5.70 Å². The van der Waals surface area contributed by atoms with E-state index < -0.39 is 0 Å². The summed E-state index contributed by atoms with van der Waals surface area (Å²) in [6.45, 7) is 9.76. The molecule has 0 heterocycles. The lowest BCUT2D eigenvalue weighted by Crippen LogP contribution is -2.09. The third-order valence-electron chi connectivity index (χ3n) is 2.55. The maximum Gasteiger partial charge on any atom is 0.0599 e. The van der Waals surface area contributed by atoms with Gasteiger partial charge in [-0.05, 0) is 36.8 Å². The molecule has 0 bridgehead atoms. The predicted octanol–water partition coefficient (Wildman–Crippen LogP) is 5.59. The minimum Gasteiger partial charge on any atom is -0.356 e. The second-order valence-electron chi connectivity index (χ2n) is 4.48. The lowest BCUT2D eigenvalue weighted by atomic mass is 10.1. The van der Waals surface area contributed by atoms with Crippen molar-refractivity contribution in [3.8, 4) is 12.3 Å². The highest BCUT2D eigenvalue weighted by atomic mass is 35.5. The van der Waals surface area contributed by atoms with Crippen LogP contribution in [0.4, 0.5) is 0 Å². The summed E-state index contributed by atoms with van der Waals surface area (Å²) in [5, 5.41) is 4.21. The molecule has 108 valence electrons. The Balaban J connectivity index is 2.92. The number of hydrogen-bond acceptors (Lipinski definition) is 1. The maximum atomic E-state index is 6.01. The van der Waals surface area contributed by atoms with Gasteiger partial charge in [-0.3, -0.25) is 0 Å². The van der Waals surface area contributed by atoms with E-state index in [1.54, 1.807) is 12.1 Å². The molecule has 1 N–H and O–H groups in total. The molecule has 0 aliphatic heterocycles. The Hall–Kier alpha value is -1.88. The first kappa shape index (κ1) is 17.2. The van der Waals surface area contributed by atoms with Crippen LogP contribution in [0, 0.1) is 12.3 Å². The summed E-state index contributed by atoms with van der Waals surface area (Å²) in [6.07, 6.45) is 11.5. The Morgan fingerprint density at radius 2 is 2.00 bits per heavy atom. The number of terminal acetylenes is 1. The summed E-state index contributed by atoms with van der Waals surface area (Å²) in [7, 11) is 0. The average molecular weight is 318 g/mol. The molecule has 0 aliphatic carbocycles. The van der Waals surface area contributed by atoms with Gasteiger partial charge in [-0.25, -0.2) is 0 Å². The summed E-state index contributed by atoms with van der Waals surface area (Å²) >= 11 is 11.9. The van der Waals surface area contributed by atoms with Crippen LogP contribution in [0.2, 0.25) is 10.0 Å². The van der Waals surface area contributed by atoms with Crippen LogP contribution in [-0.2, 0) is 0 Å². The molecule has 1 nitrogen and oxygen atoms in total. The molecular weight excluding hydrogens is 301 g/mol. The fourth-order valence-electron chi connectivity index (χ4n) is 1.49. The summed E-state index contributed by atoms with van der Waals surface area (Å²) in [6, 6.07) is 5.35. The summed E-state index contributed by atoms with van der Waals surface area (Å²) in [5.41, 5.74) is 3.37. The van der Waals surface area contributed by atoms with Crippen molar-refractivity contribution in [1.29, 1.82) is 0 Å². The lowest BCUT2D eigenvalue weighted by Gasteiger charge is -2.11. The van der Waals surface area contributed by atoms with Crippen LogP contribution in [0.3, 0.4) is 0 Å². The van der Waals surface area contributed by atoms with Gasteiger partial charge in [0.15, 0.2) is 0 Å². The molecule has 0 aromatic heterocycles. The largest absolute Gasteiger partial charge is 0.356 e. The molecule has 1 aromatic rings. The van der Waals surface area contributed by atoms with Crippen LogP contribution >= 0.6 is 23.2 Å². The van der Waals surface area contributed by atoms with E-state index >= 15 is 0 Å². The molecule has 3 heteroatoms. The molecule has 0 atom stereocenters. The average Bonchev–Trinajstić information content (AvgIpc) is 2.44. The van der Waals surface area contributed by atoms with Crippen molar-refractivity contribution >= 4 is 28.9 Å². The van der Waals surface area contributed by atoms with Crippen molar-refractivity contribution in [2.45, 2.75) is 13.3 Å². The highest BCUT2D eigenvalue weighted by Gasteiger charge is 2.03. The first-order chi connectivity index (χ1) is 9.93. The standard InChI is InChI=1S/C18H17Cl2N/c1-5-6-7-16(10-8-13(2)3)21-14(4)15-9-11-17(19)18(20)12-15/h1,7-12,21H,2,4,6H2,3H3/b10-8-,16-7+. The number of halogens is 2. The van der Waals surface area contributed by atoms with Crippen LogP contribution in [0.1, 0.15) is 18.9 Å². The molecule has 0 amide bonds. The second-order valence-corrected chi connectivity index (χ2v) is 5.29. The van der Waals surface area contributed by atoms with E-state index in [4.69, 9.17) is 29.6 Å². The molecule has 21 heavy (non-hydrogen) atoms. The van der Waals surface area contributed by atoms with Gasteiger partial charge in [0.1, 0.15) is 0 Å². The molecule has 0 saturated heterocycles. The first-order valence-electron chi connectivity index (χ1n) is 6.32. The maximum absolute atomic E-state index is 6.01. The molecule has 0 spiro atoms. The first-order valence-corrected chi connectivity index (χ1v) is 7.08. The van der Waals surface area contributed by atoms with Gasteiger partial charge in [0, 0.05) is 17.8 Å². The quantitative estimate of drug-likeness (QED) is 0.532. The van der Waals surface area contributed by atoms with E-state index in [2.05, 4.69) is 24.4 Å². The van der Waals surface area contributed by atoms with Gasteiger partial charge < -0.3 is 5.32 Å². The van der Waals surface area contributed by atoms with Crippen LogP contribution < -0.4 is 5.32 Å². The summed E-state index contributed by atoms with van der Waals surface area (Å²) < 4.78 is 0. The van der Waals surface area contributed by atoms with E-state index in [-0.39, 0.29) is 0 Å². The molecule has 1 aromatic carbocycles. The van der Waals surface area contributed by atoms with Gasteiger partial charge in [-0.1, -0.05) is 54.1 Å². The lowest BCUT2D eigenvalue weighted by molar-refractivity contribution is 1.12. The second kappa shape index (κ2) is 8.42. The van der Waals surface area contributed by atoms with E-state index in [1.807, 2.05) is 31.2 Å². The van der Waals surface area contributed by atoms with E-state index in [1.165, 1.54) is 0 Å². The minimum atomic E-state index is 0.490. The topological polar surface area (TPSA) is 12.0 Å². The van der Waals surface area contributed by atoms with E-state index in [0.29, 0.717) is 22.2 Å². The highest BCUT2D eigenvalue weighted by Crippen LogP contribution is 2.25. The number of allylic oxidation sites excluding steroid dienone is 4. The van der Waals surface area contributed by atoms with Crippen LogP contribution in [-0.4, -0.2) is 0 Å². The fraction of sp³-hybridized carbons (Fsp3) is 0.111. The molecule has 0 aliphatic rings. The zero-order chi connectivity index (χ0) is 15.8. The molecule has 0 radical (unpaired) electrons. The Bertz CT molecular complexity index is 646. The van der Waals surface area contributed by atoms with Gasteiger partial charge in [-0.2, -0.15) is 0 Å². The SMILES string of the molecule is C#CC/C=C(\C=C/C(=C)C)NC(=C)c1ccc(Cl)c(Cl)c1. The van der Waals surface area contributed by atoms with Gasteiger partial charge in [0.05, 0.1) is 10.0 Å². The molecular formula is C18H17Cl2N. The smallest absolute Gasteiger partial charge is 0.0599 e. The Kier molecular flexibility index (Phi) is 6.88.